The second-order valence-corrected chi connectivity index (χ2v) is 4.99. The van der Waals surface area contributed by atoms with Crippen molar-refractivity contribution < 1.29 is 9.53 Å². The third kappa shape index (κ3) is 3.45. The summed E-state index contributed by atoms with van der Waals surface area (Å²) in [6.45, 7) is 0. The molecule has 2 aromatic rings. The lowest BCUT2D eigenvalue weighted by molar-refractivity contribution is 0.102. The van der Waals surface area contributed by atoms with Gasteiger partial charge in [-0.1, -0.05) is 27.5 Å². The van der Waals surface area contributed by atoms with Gasteiger partial charge >= 0.3 is 0 Å². The van der Waals surface area contributed by atoms with E-state index in [-0.39, 0.29) is 5.91 Å². The van der Waals surface area contributed by atoms with Gasteiger partial charge in [-0.25, -0.2) is 4.98 Å². The lowest BCUT2D eigenvalue weighted by Gasteiger charge is -2.07. The highest BCUT2D eigenvalue weighted by molar-refractivity contribution is 9.10. The van der Waals surface area contributed by atoms with Crippen LogP contribution in [0.3, 0.4) is 0 Å². The van der Waals surface area contributed by atoms with E-state index in [9.17, 15) is 4.79 Å². The van der Waals surface area contributed by atoms with Gasteiger partial charge in [-0.15, -0.1) is 0 Å². The summed E-state index contributed by atoms with van der Waals surface area (Å²) in [5.41, 5.74) is 0.977. The molecule has 0 aliphatic carbocycles. The number of halogens is 2. The van der Waals surface area contributed by atoms with Crippen molar-refractivity contribution in [3.8, 4) is 5.88 Å². The fraction of sp³-hybridized carbons (Fsp3) is 0.0769. The molecule has 0 aliphatic rings. The monoisotopic (exact) mass is 340 g/mol. The first-order chi connectivity index (χ1) is 9.10. The van der Waals surface area contributed by atoms with E-state index < -0.39 is 0 Å². The Kier molecular flexibility index (Phi) is 4.39. The minimum absolute atomic E-state index is 0.278. The van der Waals surface area contributed by atoms with Gasteiger partial charge in [0.2, 0.25) is 5.88 Å². The van der Waals surface area contributed by atoms with Crippen molar-refractivity contribution in [1.29, 1.82) is 0 Å². The number of ether oxygens (including phenoxy) is 1. The van der Waals surface area contributed by atoms with Gasteiger partial charge in [0.15, 0.2) is 0 Å². The molecule has 2 rings (SSSR count). The fourth-order valence-corrected chi connectivity index (χ4v) is 2.14. The third-order valence-electron chi connectivity index (χ3n) is 2.39. The van der Waals surface area contributed by atoms with Crippen LogP contribution in [0.2, 0.25) is 5.02 Å². The van der Waals surface area contributed by atoms with Crippen LogP contribution in [0.15, 0.2) is 41.0 Å². The topological polar surface area (TPSA) is 51.2 Å². The van der Waals surface area contributed by atoms with Gasteiger partial charge in [0, 0.05) is 16.7 Å². The molecule has 1 heterocycles. The standard InChI is InChI=1S/C13H10BrClN2O2/c1-19-12-5-2-8(7-16-12)13(18)17-11-4-3-9(14)6-10(11)15/h2-7H,1H3,(H,17,18). The van der Waals surface area contributed by atoms with Crippen molar-refractivity contribution in [2.45, 2.75) is 0 Å². The van der Waals surface area contributed by atoms with Crippen molar-refractivity contribution in [1.82, 2.24) is 4.98 Å². The van der Waals surface area contributed by atoms with Crippen molar-refractivity contribution in [2.24, 2.45) is 0 Å². The van der Waals surface area contributed by atoms with Crippen LogP contribution < -0.4 is 10.1 Å². The highest BCUT2D eigenvalue weighted by Gasteiger charge is 2.09. The highest BCUT2D eigenvalue weighted by atomic mass is 79.9. The van der Waals surface area contributed by atoms with Gasteiger partial charge in [-0.05, 0) is 24.3 Å². The number of carbonyl (C=O) groups excluding carboxylic acids is 1. The number of amides is 1. The molecular weight excluding hydrogens is 332 g/mol. The summed E-state index contributed by atoms with van der Waals surface area (Å²) in [6.07, 6.45) is 1.45. The molecule has 19 heavy (non-hydrogen) atoms. The fourth-order valence-electron chi connectivity index (χ4n) is 1.42. The maximum atomic E-state index is 12.0. The van der Waals surface area contributed by atoms with E-state index in [0.717, 1.165) is 4.47 Å². The molecule has 0 spiro atoms. The van der Waals surface area contributed by atoms with Gasteiger partial charge < -0.3 is 10.1 Å². The van der Waals surface area contributed by atoms with Gasteiger partial charge in [-0.2, -0.15) is 0 Å². The van der Waals surface area contributed by atoms with E-state index >= 15 is 0 Å². The van der Waals surface area contributed by atoms with Crippen LogP contribution in [0.1, 0.15) is 10.4 Å². The first-order valence-corrected chi connectivity index (χ1v) is 6.53. The summed E-state index contributed by atoms with van der Waals surface area (Å²) >= 11 is 9.33. The van der Waals surface area contributed by atoms with E-state index in [1.807, 2.05) is 0 Å². The number of nitrogens with zero attached hydrogens (tertiary/aromatic N) is 1. The molecule has 0 aliphatic heterocycles. The Bertz CT molecular complexity index is 602. The number of hydrogen-bond acceptors (Lipinski definition) is 3. The zero-order valence-electron chi connectivity index (χ0n) is 9.98. The maximum absolute atomic E-state index is 12.0. The summed E-state index contributed by atoms with van der Waals surface area (Å²) in [5, 5.41) is 3.18. The molecule has 0 atom stereocenters. The highest BCUT2D eigenvalue weighted by Crippen LogP contribution is 2.26. The number of rotatable bonds is 3. The number of pyridine rings is 1. The first-order valence-electron chi connectivity index (χ1n) is 5.36. The summed E-state index contributed by atoms with van der Waals surface area (Å²) in [5.74, 6) is 0.178. The number of carbonyl (C=O) groups is 1. The van der Waals surface area contributed by atoms with E-state index in [2.05, 4.69) is 26.2 Å². The number of aromatic nitrogens is 1. The number of anilines is 1. The lowest BCUT2D eigenvalue weighted by atomic mass is 10.2. The van der Waals surface area contributed by atoms with Crippen molar-refractivity contribution in [2.75, 3.05) is 12.4 Å². The molecule has 0 unspecified atom stereocenters. The van der Waals surface area contributed by atoms with Crippen molar-refractivity contribution in [3.63, 3.8) is 0 Å². The van der Waals surface area contributed by atoms with Crippen molar-refractivity contribution in [3.05, 3.63) is 51.6 Å². The Hall–Kier alpha value is -1.59. The number of methoxy groups -OCH3 is 1. The van der Waals surface area contributed by atoms with Gasteiger partial charge in [0.1, 0.15) is 0 Å². The molecule has 1 aromatic heterocycles. The molecule has 1 N–H and O–H groups in total. The van der Waals surface area contributed by atoms with Crippen LogP contribution >= 0.6 is 27.5 Å². The average Bonchev–Trinajstić information content (AvgIpc) is 2.42. The minimum Gasteiger partial charge on any atom is -0.481 e. The largest absolute Gasteiger partial charge is 0.481 e. The molecule has 0 saturated heterocycles. The second kappa shape index (κ2) is 6.04. The SMILES string of the molecule is COc1ccc(C(=O)Nc2ccc(Br)cc2Cl)cn1. The minimum atomic E-state index is -0.278. The molecule has 1 aromatic carbocycles. The maximum Gasteiger partial charge on any atom is 0.257 e. The average molecular weight is 342 g/mol. The van der Waals surface area contributed by atoms with Crippen LogP contribution in [-0.2, 0) is 0 Å². The zero-order chi connectivity index (χ0) is 13.8. The Labute approximate surface area is 123 Å². The first kappa shape index (κ1) is 13.8. The lowest BCUT2D eigenvalue weighted by Crippen LogP contribution is -2.12. The second-order valence-electron chi connectivity index (χ2n) is 3.67. The molecule has 0 fully saturated rings. The van der Waals surface area contributed by atoms with E-state index in [1.165, 1.54) is 13.3 Å². The van der Waals surface area contributed by atoms with Gasteiger partial charge in [0.25, 0.3) is 5.91 Å². The van der Waals surface area contributed by atoms with E-state index in [0.29, 0.717) is 22.2 Å². The summed E-state index contributed by atoms with van der Waals surface area (Å²) in [7, 11) is 1.52. The summed E-state index contributed by atoms with van der Waals surface area (Å²) in [6, 6.07) is 8.49. The Balaban J connectivity index is 2.15. The van der Waals surface area contributed by atoms with E-state index in [4.69, 9.17) is 16.3 Å². The number of benzene rings is 1. The Morgan fingerprint density at radius 3 is 2.74 bits per heavy atom. The number of nitrogens with one attached hydrogen (secondary N) is 1. The summed E-state index contributed by atoms with van der Waals surface area (Å²) < 4.78 is 5.78. The van der Waals surface area contributed by atoms with Crippen LogP contribution in [0.4, 0.5) is 5.69 Å². The van der Waals surface area contributed by atoms with Crippen LogP contribution in [0.25, 0.3) is 0 Å². The van der Waals surface area contributed by atoms with Gasteiger partial charge in [-0.3, -0.25) is 4.79 Å². The Morgan fingerprint density at radius 1 is 1.37 bits per heavy atom. The number of hydrogen-bond donors (Lipinski definition) is 1. The predicted octanol–water partition coefficient (Wildman–Crippen LogP) is 3.76. The molecule has 98 valence electrons. The molecule has 0 bridgehead atoms. The zero-order valence-corrected chi connectivity index (χ0v) is 12.3. The smallest absolute Gasteiger partial charge is 0.257 e. The van der Waals surface area contributed by atoms with E-state index in [1.54, 1.807) is 30.3 Å². The molecule has 0 saturated carbocycles. The third-order valence-corrected chi connectivity index (χ3v) is 3.19. The van der Waals surface area contributed by atoms with Crippen LogP contribution in [-0.4, -0.2) is 18.0 Å². The van der Waals surface area contributed by atoms with Gasteiger partial charge in [0.05, 0.1) is 23.4 Å². The molecular formula is C13H10BrClN2O2. The van der Waals surface area contributed by atoms with Crippen LogP contribution in [0.5, 0.6) is 5.88 Å². The molecule has 6 heteroatoms. The quantitative estimate of drug-likeness (QED) is 0.925. The van der Waals surface area contributed by atoms with Crippen LogP contribution in [0, 0.1) is 0 Å². The van der Waals surface area contributed by atoms with Crippen molar-refractivity contribution >= 4 is 39.1 Å². The molecule has 1 amide bonds. The molecule has 0 radical (unpaired) electrons. The summed E-state index contributed by atoms with van der Waals surface area (Å²) in [4.78, 5) is 16.0. The predicted molar refractivity (Wildman–Crippen MR) is 77.9 cm³/mol. The normalized spacial score (nSPS) is 10.1. The molecule has 4 nitrogen and oxygen atoms in total. The Morgan fingerprint density at radius 2 is 2.16 bits per heavy atom.